The molecule has 0 fully saturated rings. The summed E-state index contributed by atoms with van der Waals surface area (Å²) in [6.07, 6.45) is 0. The number of ether oxygens (including phenoxy) is 3. The van der Waals surface area contributed by atoms with Crippen molar-refractivity contribution in [2.45, 2.75) is 12.0 Å². The molecule has 2 aliphatic rings. The van der Waals surface area contributed by atoms with Gasteiger partial charge in [0, 0.05) is 23.1 Å². The molecular formula is C20H18N2O4. The molecule has 0 bridgehead atoms. The highest BCUT2D eigenvalue weighted by Gasteiger charge is 2.36. The molecule has 0 amide bonds. The van der Waals surface area contributed by atoms with Gasteiger partial charge in [0.05, 0.1) is 19.1 Å². The monoisotopic (exact) mass is 350 g/mol. The van der Waals surface area contributed by atoms with Crippen molar-refractivity contribution in [2.75, 3.05) is 20.4 Å². The second kappa shape index (κ2) is 5.78. The Kier molecular flexibility index (Phi) is 3.39. The largest absolute Gasteiger partial charge is 0.469 e. The van der Waals surface area contributed by atoms with Crippen molar-refractivity contribution in [1.29, 1.82) is 0 Å². The summed E-state index contributed by atoms with van der Waals surface area (Å²) in [4.78, 5) is 15.9. The van der Waals surface area contributed by atoms with Crippen LogP contribution in [-0.4, -0.2) is 31.4 Å². The molecule has 2 N–H and O–H groups in total. The number of H-pyrrole nitrogens is 1. The summed E-state index contributed by atoms with van der Waals surface area (Å²) in [7, 11) is 1.43. The van der Waals surface area contributed by atoms with Crippen molar-refractivity contribution in [2.24, 2.45) is 0 Å². The standard InChI is InChI=1S/C20H18N2O4/c1-24-20(23)13-9-21-18(11-6-7-15-16(8-11)26-10-25-15)19-17(13)12-4-2-3-5-14(12)22-19/h2-8,13,18,21-22H,9-10H2,1H3/t13-,18+/m1/s1. The van der Waals surface area contributed by atoms with E-state index in [-0.39, 0.29) is 24.7 Å². The van der Waals surface area contributed by atoms with E-state index in [1.54, 1.807) is 0 Å². The molecule has 1 aromatic heterocycles. The van der Waals surface area contributed by atoms with Crippen molar-refractivity contribution in [3.05, 3.63) is 59.3 Å². The first kappa shape index (κ1) is 15.3. The van der Waals surface area contributed by atoms with Crippen LogP contribution in [0.3, 0.4) is 0 Å². The fourth-order valence-corrected chi connectivity index (χ4v) is 3.95. The normalized spacial score (nSPS) is 20.8. The number of methoxy groups -OCH3 is 1. The number of aromatic nitrogens is 1. The Morgan fingerprint density at radius 2 is 2.00 bits per heavy atom. The van der Waals surface area contributed by atoms with Crippen LogP contribution in [0.25, 0.3) is 10.9 Å². The lowest BCUT2D eigenvalue weighted by atomic mass is 9.87. The van der Waals surface area contributed by atoms with Crippen molar-refractivity contribution >= 4 is 16.9 Å². The SMILES string of the molecule is COC(=O)[C@@H]1CN[C@@H](c2ccc3c(c2)OCO3)c2[nH]c3ccccc3c21. The van der Waals surface area contributed by atoms with Crippen molar-refractivity contribution in [1.82, 2.24) is 10.3 Å². The van der Waals surface area contributed by atoms with Crippen LogP contribution in [0.4, 0.5) is 0 Å². The van der Waals surface area contributed by atoms with Gasteiger partial charge in [0.25, 0.3) is 0 Å². The average molecular weight is 350 g/mol. The maximum Gasteiger partial charge on any atom is 0.314 e. The molecule has 5 rings (SSSR count). The lowest BCUT2D eigenvalue weighted by molar-refractivity contribution is -0.142. The molecule has 0 unspecified atom stereocenters. The minimum Gasteiger partial charge on any atom is -0.469 e. The third-order valence-electron chi connectivity index (χ3n) is 5.16. The molecule has 6 heteroatoms. The molecule has 2 atom stereocenters. The van der Waals surface area contributed by atoms with E-state index in [4.69, 9.17) is 14.2 Å². The lowest BCUT2D eigenvalue weighted by Gasteiger charge is -2.29. The van der Waals surface area contributed by atoms with E-state index in [1.807, 2.05) is 42.5 Å². The quantitative estimate of drug-likeness (QED) is 0.696. The summed E-state index contributed by atoms with van der Waals surface area (Å²) >= 11 is 0. The number of nitrogens with one attached hydrogen (secondary N) is 2. The molecule has 26 heavy (non-hydrogen) atoms. The van der Waals surface area contributed by atoms with Crippen LogP contribution in [-0.2, 0) is 9.53 Å². The predicted octanol–water partition coefficient (Wildman–Crippen LogP) is 2.85. The van der Waals surface area contributed by atoms with Crippen LogP contribution >= 0.6 is 0 Å². The molecule has 6 nitrogen and oxygen atoms in total. The Balaban J connectivity index is 1.67. The lowest BCUT2D eigenvalue weighted by Crippen LogP contribution is -2.37. The molecule has 0 saturated carbocycles. The van der Waals surface area contributed by atoms with Gasteiger partial charge in [-0.1, -0.05) is 24.3 Å². The fourth-order valence-electron chi connectivity index (χ4n) is 3.95. The molecule has 132 valence electrons. The van der Waals surface area contributed by atoms with Gasteiger partial charge in [-0.2, -0.15) is 0 Å². The van der Waals surface area contributed by atoms with Gasteiger partial charge in [-0.05, 0) is 29.3 Å². The van der Waals surface area contributed by atoms with E-state index < -0.39 is 0 Å². The van der Waals surface area contributed by atoms with E-state index in [0.29, 0.717) is 6.54 Å². The van der Waals surface area contributed by atoms with Gasteiger partial charge in [0.15, 0.2) is 11.5 Å². The summed E-state index contributed by atoms with van der Waals surface area (Å²) in [5.74, 6) is 0.940. The van der Waals surface area contributed by atoms with Crippen LogP contribution in [0, 0.1) is 0 Å². The van der Waals surface area contributed by atoms with Crippen LogP contribution < -0.4 is 14.8 Å². The van der Waals surface area contributed by atoms with E-state index >= 15 is 0 Å². The molecule has 2 aromatic carbocycles. The second-order valence-electron chi connectivity index (χ2n) is 6.53. The number of carbonyl (C=O) groups is 1. The number of fused-ring (bicyclic) bond motifs is 4. The zero-order valence-corrected chi connectivity index (χ0v) is 14.2. The van der Waals surface area contributed by atoms with Gasteiger partial charge >= 0.3 is 5.97 Å². The number of esters is 1. The summed E-state index contributed by atoms with van der Waals surface area (Å²) in [6, 6.07) is 13.9. The summed E-state index contributed by atoms with van der Waals surface area (Å²) < 4.78 is 16.0. The van der Waals surface area contributed by atoms with Gasteiger partial charge in [0.1, 0.15) is 0 Å². The summed E-state index contributed by atoms with van der Waals surface area (Å²) in [5, 5.41) is 4.54. The first-order valence-electron chi connectivity index (χ1n) is 8.57. The molecule has 2 aliphatic heterocycles. The average Bonchev–Trinajstić information content (AvgIpc) is 3.30. The third-order valence-corrected chi connectivity index (χ3v) is 5.16. The number of hydrogen-bond donors (Lipinski definition) is 2. The van der Waals surface area contributed by atoms with Gasteiger partial charge in [0.2, 0.25) is 6.79 Å². The van der Waals surface area contributed by atoms with E-state index in [0.717, 1.165) is 39.2 Å². The number of rotatable bonds is 2. The van der Waals surface area contributed by atoms with Crippen LogP contribution in [0.5, 0.6) is 11.5 Å². The van der Waals surface area contributed by atoms with Crippen LogP contribution in [0.1, 0.15) is 28.8 Å². The van der Waals surface area contributed by atoms with Crippen molar-refractivity contribution in [3.63, 3.8) is 0 Å². The Morgan fingerprint density at radius 1 is 1.15 bits per heavy atom. The zero-order valence-electron chi connectivity index (χ0n) is 14.2. The molecular weight excluding hydrogens is 332 g/mol. The van der Waals surface area contributed by atoms with E-state index in [2.05, 4.69) is 10.3 Å². The second-order valence-corrected chi connectivity index (χ2v) is 6.53. The maximum atomic E-state index is 12.4. The van der Waals surface area contributed by atoms with Crippen molar-refractivity contribution in [3.8, 4) is 11.5 Å². The number of benzene rings is 2. The number of para-hydroxylation sites is 1. The fraction of sp³-hybridized carbons (Fsp3) is 0.250. The molecule has 0 spiro atoms. The first-order valence-corrected chi connectivity index (χ1v) is 8.57. The number of carbonyl (C=O) groups excluding carboxylic acids is 1. The van der Waals surface area contributed by atoms with E-state index in [1.165, 1.54) is 7.11 Å². The molecule has 3 heterocycles. The highest BCUT2D eigenvalue weighted by molar-refractivity contribution is 5.92. The minimum atomic E-state index is -0.337. The van der Waals surface area contributed by atoms with Gasteiger partial charge < -0.3 is 24.5 Å². The minimum absolute atomic E-state index is 0.0622. The topological polar surface area (TPSA) is 72.6 Å². The Labute approximate surface area is 150 Å². The Bertz CT molecular complexity index is 1010. The third kappa shape index (κ3) is 2.19. The van der Waals surface area contributed by atoms with Gasteiger partial charge in [-0.3, -0.25) is 4.79 Å². The van der Waals surface area contributed by atoms with Gasteiger partial charge in [-0.15, -0.1) is 0 Å². The zero-order chi connectivity index (χ0) is 17.7. The first-order chi connectivity index (χ1) is 12.8. The van der Waals surface area contributed by atoms with Crippen molar-refractivity contribution < 1.29 is 19.0 Å². The van der Waals surface area contributed by atoms with Gasteiger partial charge in [-0.25, -0.2) is 0 Å². The smallest absolute Gasteiger partial charge is 0.314 e. The molecule has 0 aliphatic carbocycles. The Morgan fingerprint density at radius 3 is 2.88 bits per heavy atom. The Hall–Kier alpha value is -2.99. The maximum absolute atomic E-state index is 12.4. The molecule has 3 aromatic rings. The molecule has 0 saturated heterocycles. The number of aromatic amines is 1. The summed E-state index contributed by atoms with van der Waals surface area (Å²) in [5.41, 5.74) is 4.08. The van der Waals surface area contributed by atoms with E-state index in [9.17, 15) is 4.79 Å². The number of hydrogen-bond acceptors (Lipinski definition) is 5. The van der Waals surface area contributed by atoms with Crippen LogP contribution in [0.2, 0.25) is 0 Å². The highest BCUT2D eigenvalue weighted by Crippen LogP contribution is 2.41. The highest BCUT2D eigenvalue weighted by atomic mass is 16.7. The van der Waals surface area contributed by atoms with Crippen LogP contribution in [0.15, 0.2) is 42.5 Å². The summed E-state index contributed by atoms with van der Waals surface area (Å²) in [6.45, 7) is 0.763. The predicted molar refractivity (Wildman–Crippen MR) is 95.5 cm³/mol. The molecule has 0 radical (unpaired) electrons.